The van der Waals surface area contributed by atoms with Crippen LogP contribution in [0.3, 0.4) is 0 Å². The van der Waals surface area contributed by atoms with Crippen LogP contribution in [0.15, 0.2) is 47.4 Å². The Balaban J connectivity index is 2.04. The van der Waals surface area contributed by atoms with Crippen LogP contribution < -0.4 is 11.3 Å². The molecule has 1 aromatic carbocycles. The fourth-order valence-corrected chi connectivity index (χ4v) is 2.29. The molecule has 3 heteroatoms. The molecular weight excluding hydrogens is 272 g/mol. The van der Waals surface area contributed by atoms with Gasteiger partial charge in [-0.05, 0) is 48.6 Å². The highest BCUT2D eigenvalue weighted by molar-refractivity contribution is 5.69. The Kier molecular flexibility index (Phi) is 6.16. The zero-order valence-corrected chi connectivity index (χ0v) is 13.2. The van der Waals surface area contributed by atoms with E-state index in [4.69, 9.17) is 5.73 Å². The first-order valence-electron chi connectivity index (χ1n) is 7.90. The van der Waals surface area contributed by atoms with Crippen LogP contribution in [0.5, 0.6) is 0 Å². The highest BCUT2D eigenvalue weighted by atomic mass is 16.1. The standard InChI is InChI=1S/C19H24N2O/c1-2-16-5-7-17(8-6-16)9-10-18-11-14-21(19(22)15-18)13-4-3-12-20/h5-11,14-15H,2-4,12-13,20H2,1H3/b10-9+. The highest BCUT2D eigenvalue weighted by Gasteiger charge is 1.97. The van der Waals surface area contributed by atoms with Crippen LogP contribution in [0.1, 0.15) is 36.5 Å². The third-order valence-corrected chi connectivity index (χ3v) is 3.73. The molecule has 116 valence electrons. The molecule has 0 saturated carbocycles. The highest BCUT2D eigenvalue weighted by Crippen LogP contribution is 2.09. The molecule has 3 nitrogen and oxygen atoms in total. The molecule has 0 amide bonds. The lowest BCUT2D eigenvalue weighted by atomic mass is 10.1. The maximum atomic E-state index is 12.0. The summed E-state index contributed by atoms with van der Waals surface area (Å²) >= 11 is 0. The number of aryl methyl sites for hydroxylation is 2. The van der Waals surface area contributed by atoms with Crippen molar-refractivity contribution in [2.45, 2.75) is 32.7 Å². The third kappa shape index (κ3) is 4.71. The second kappa shape index (κ2) is 8.35. The van der Waals surface area contributed by atoms with E-state index in [0.717, 1.165) is 36.9 Å². The van der Waals surface area contributed by atoms with Crippen molar-refractivity contribution in [1.82, 2.24) is 4.57 Å². The SMILES string of the molecule is CCc1ccc(/C=C/c2ccn(CCCCN)c(=O)c2)cc1. The predicted octanol–water partition coefficient (Wildman–Crippen LogP) is 3.32. The van der Waals surface area contributed by atoms with E-state index in [-0.39, 0.29) is 5.56 Å². The molecule has 0 bridgehead atoms. The molecule has 0 aliphatic carbocycles. The van der Waals surface area contributed by atoms with Crippen molar-refractivity contribution in [3.05, 3.63) is 69.6 Å². The Morgan fingerprint density at radius 1 is 1.05 bits per heavy atom. The van der Waals surface area contributed by atoms with E-state index in [1.165, 1.54) is 5.56 Å². The van der Waals surface area contributed by atoms with Crippen LogP contribution in [0, 0.1) is 0 Å². The first kappa shape index (κ1) is 16.2. The monoisotopic (exact) mass is 296 g/mol. The van der Waals surface area contributed by atoms with Gasteiger partial charge in [0.1, 0.15) is 0 Å². The van der Waals surface area contributed by atoms with Gasteiger partial charge in [-0.2, -0.15) is 0 Å². The summed E-state index contributed by atoms with van der Waals surface area (Å²) in [6, 6.07) is 12.1. The molecule has 22 heavy (non-hydrogen) atoms. The van der Waals surface area contributed by atoms with Gasteiger partial charge in [0.05, 0.1) is 0 Å². The maximum absolute atomic E-state index is 12.0. The van der Waals surface area contributed by atoms with Crippen LogP contribution in [0.25, 0.3) is 12.2 Å². The zero-order chi connectivity index (χ0) is 15.8. The molecular formula is C19H24N2O. The number of benzene rings is 1. The van der Waals surface area contributed by atoms with Crippen LogP contribution >= 0.6 is 0 Å². The molecule has 2 rings (SSSR count). The van der Waals surface area contributed by atoms with Crippen molar-refractivity contribution in [3.8, 4) is 0 Å². The zero-order valence-electron chi connectivity index (χ0n) is 13.2. The van der Waals surface area contributed by atoms with Crippen LogP contribution in [0.2, 0.25) is 0 Å². The quantitative estimate of drug-likeness (QED) is 0.797. The minimum absolute atomic E-state index is 0.0421. The third-order valence-electron chi connectivity index (χ3n) is 3.73. The smallest absolute Gasteiger partial charge is 0.251 e. The lowest BCUT2D eigenvalue weighted by Gasteiger charge is -2.05. The fraction of sp³-hybridized carbons (Fsp3) is 0.316. The number of aromatic nitrogens is 1. The summed E-state index contributed by atoms with van der Waals surface area (Å²) in [7, 11) is 0. The summed E-state index contributed by atoms with van der Waals surface area (Å²) in [5, 5.41) is 0. The number of rotatable bonds is 7. The molecule has 0 aliphatic rings. The normalized spacial score (nSPS) is 11.2. The number of hydrogen-bond acceptors (Lipinski definition) is 2. The summed E-state index contributed by atoms with van der Waals surface area (Å²) in [5.41, 5.74) is 8.92. The number of pyridine rings is 1. The Hall–Kier alpha value is -2.13. The molecule has 0 spiro atoms. The van der Waals surface area contributed by atoms with Gasteiger partial charge >= 0.3 is 0 Å². The van der Waals surface area contributed by atoms with Crippen molar-refractivity contribution < 1.29 is 0 Å². The second-order valence-electron chi connectivity index (χ2n) is 5.42. The Morgan fingerprint density at radius 2 is 1.77 bits per heavy atom. The summed E-state index contributed by atoms with van der Waals surface area (Å²) in [6.45, 7) is 3.55. The van der Waals surface area contributed by atoms with E-state index >= 15 is 0 Å². The first-order valence-corrected chi connectivity index (χ1v) is 7.90. The predicted molar refractivity (Wildman–Crippen MR) is 93.7 cm³/mol. The van der Waals surface area contributed by atoms with E-state index in [1.54, 1.807) is 10.6 Å². The van der Waals surface area contributed by atoms with Gasteiger partial charge in [-0.3, -0.25) is 4.79 Å². The van der Waals surface area contributed by atoms with Crippen LogP contribution in [-0.4, -0.2) is 11.1 Å². The summed E-state index contributed by atoms with van der Waals surface area (Å²) < 4.78 is 1.74. The topological polar surface area (TPSA) is 48.0 Å². The van der Waals surface area contributed by atoms with E-state index in [2.05, 4.69) is 31.2 Å². The Bertz CT molecular complexity index is 669. The summed E-state index contributed by atoms with van der Waals surface area (Å²) in [4.78, 5) is 12.0. The molecule has 2 N–H and O–H groups in total. The molecule has 2 aromatic rings. The van der Waals surface area contributed by atoms with E-state index < -0.39 is 0 Å². The first-order chi connectivity index (χ1) is 10.7. The Labute approximate surface area is 132 Å². The van der Waals surface area contributed by atoms with Gasteiger partial charge < -0.3 is 10.3 Å². The average Bonchev–Trinajstić information content (AvgIpc) is 2.55. The molecule has 0 atom stereocenters. The van der Waals surface area contributed by atoms with Gasteiger partial charge in [-0.1, -0.05) is 43.3 Å². The molecule has 0 fully saturated rings. The lowest BCUT2D eigenvalue weighted by molar-refractivity contribution is 0.598. The molecule has 0 aliphatic heterocycles. The number of unbranched alkanes of at least 4 members (excludes halogenated alkanes) is 1. The van der Waals surface area contributed by atoms with Crippen molar-refractivity contribution in [1.29, 1.82) is 0 Å². The molecule has 1 aromatic heterocycles. The van der Waals surface area contributed by atoms with Gasteiger partial charge in [0.15, 0.2) is 0 Å². The van der Waals surface area contributed by atoms with Gasteiger partial charge in [0, 0.05) is 18.8 Å². The lowest BCUT2D eigenvalue weighted by Crippen LogP contribution is -2.19. The average molecular weight is 296 g/mol. The van der Waals surface area contributed by atoms with Gasteiger partial charge in [-0.25, -0.2) is 0 Å². The van der Waals surface area contributed by atoms with Crippen molar-refractivity contribution >= 4 is 12.2 Å². The molecule has 0 unspecified atom stereocenters. The molecule has 0 radical (unpaired) electrons. The number of nitrogens with zero attached hydrogens (tertiary/aromatic N) is 1. The van der Waals surface area contributed by atoms with Gasteiger partial charge in [-0.15, -0.1) is 0 Å². The van der Waals surface area contributed by atoms with Gasteiger partial charge in [0.25, 0.3) is 5.56 Å². The van der Waals surface area contributed by atoms with E-state index in [9.17, 15) is 4.79 Å². The van der Waals surface area contributed by atoms with E-state index in [0.29, 0.717) is 6.54 Å². The second-order valence-corrected chi connectivity index (χ2v) is 5.42. The van der Waals surface area contributed by atoms with Crippen molar-refractivity contribution in [3.63, 3.8) is 0 Å². The molecule has 0 saturated heterocycles. The maximum Gasteiger partial charge on any atom is 0.251 e. The number of nitrogens with two attached hydrogens (primary N) is 1. The van der Waals surface area contributed by atoms with Crippen molar-refractivity contribution in [2.24, 2.45) is 5.73 Å². The number of hydrogen-bond donors (Lipinski definition) is 1. The van der Waals surface area contributed by atoms with Crippen molar-refractivity contribution in [2.75, 3.05) is 6.54 Å². The van der Waals surface area contributed by atoms with Gasteiger partial charge in [0.2, 0.25) is 0 Å². The molecule has 1 heterocycles. The fourth-order valence-electron chi connectivity index (χ4n) is 2.29. The summed E-state index contributed by atoms with van der Waals surface area (Å²) in [5.74, 6) is 0. The summed E-state index contributed by atoms with van der Waals surface area (Å²) in [6.07, 6.45) is 8.81. The largest absolute Gasteiger partial charge is 0.330 e. The minimum Gasteiger partial charge on any atom is -0.330 e. The van der Waals surface area contributed by atoms with Crippen LogP contribution in [-0.2, 0) is 13.0 Å². The Morgan fingerprint density at radius 3 is 2.41 bits per heavy atom. The minimum atomic E-state index is 0.0421. The van der Waals surface area contributed by atoms with Crippen LogP contribution in [0.4, 0.5) is 0 Å². The van der Waals surface area contributed by atoms with E-state index in [1.807, 2.05) is 24.4 Å².